The van der Waals surface area contributed by atoms with Crippen molar-refractivity contribution in [3.05, 3.63) is 85.8 Å². The maximum atomic E-state index is 12.1. The van der Waals surface area contributed by atoms with Crippen LogP contribution in [0.3, 0.4) is 0 Å². The third kappa shape index (κ3) is 6.19. The van der Waals surface area contributed by atoms with E-state index in [2.05, 4.69) is 10.6 Å². The van der Waals surface area contributed by atoms with Gasteiger partial charge in [-0.15, -0.1) is 0 Å². The fraction of sp³-hybridized carbons (Fsp3) is 0.136. The van der Waals surface area contributed by atoms with Crippen LogP contribution in [0.15, 0.2) is 54.6 Å². The molecule has 3 aromatic carbocycles. The molecule has 3 rings (SSSR count). The Labute approximate surface area is 195 Å². The quantitative estimate of drug-likeness (QED) is 0.372. The van der Waals surface area contributed by atoms with Crippen LogP contribution in [0, 0.1) is 6.92 Å². The van der Waals surface area contributed by atoms with Crippen LogP contribution in [-0.4, -0.2) is 12.5 Å². The fourth-order valence-electron chi connectivity index (χ4n) is 2.61. The highest BCUT2D eigenvalue weighted by atomic mass is 35.5. The van der Waals surface area contributed by atoms with Gasteiger partial charge in [-0.1, -0.05) is 58.5 Å². The number of aryl methyl sites for hydroxylation is 1. The number of carbonyl (C=O) groups excluding carboxylic acids is 1. The molecule has 0 unspecified atom stereocenters. The Morgan fingerprint density at radius 1 is 0.900 bits per heavy atom. The molecule has 0 spiro atoms. The molecule has 156 valence electrons. The summed E-state index contributed by atoms with van der Waals surface area (Å²) in [5, 5.41) is 8.06. The molecule has 4 nitrogen and oxygen atoms in total. The van der Waals surface area contributed by atoms with Crippen LogP contribution >= 0.6 is 46.4 Å². The van der Waals surface area contributed by atoms with E-state index in [1.807, 2.05) is 25.1 Å². The fourth-order valence-corrected chi connectivity index (χ4v) is 3.53. The number of amides is 1. The summed E-state index contributed by atoms with van der Waals surface area (Å²) in [7, 11) is 0. The molecule has 0 bridgehead atoms. The van der Waals surface area contributed by atoms with Crippen LogP contribution in [0.5, 0.6) is 5.75 Å². The van der Waals surface area contributed by atoms with Crippen molar-refractivity contribution in [2.75, 3.05) is 17.2 Å². The molecular formula is C22H18Cl4N2O2. The van der Waals surface area contributed by atoms with Gasteiger partial charge in [0.25, 0.3) is 5.91 Å². The minimum Gasteiger partial charge on any atom is -0.482 e. The first-order valence-electron chi connectivity index (χ1n) is 8.98. The van der Waals surface area contributed by atoms with E-state index < -0.39 is 0 Å². The second kappa shape index (κ2) is 10.3. The second-order valence-corrected chi connectivity index (χ2v) is 8.20. The molecule has 1 amide bonds. The van der Waals surface area contributed by atoms with E-state index in [9.17, 15) is 4.79 Å². The molecule has 0 heterocycles. The zero-order valence-corrected chi connectivity index (χ0v) is 19.0. The first-order valence-corrected chi connectivity index (χ1v) is 10.5. The molecule has 2 N–H and O–H groups in total. The van der Waals surface area contributed by atoms with Gasteiger partial charge in [0.15, 0.2) is 6.61 Å². The van der Waals surface area contributed by atoms with Crippen molar-refractivity contribution in [1.29, 1.82) is 0 Å². The highest BCUT2D eigenvalue weighted by molar-refractivity contribution is 6.36. The lowest BCUT2D eigenvalue weighted by molar-refractivity contribution is -0.118. The summed E-state index contributed by atoms with van der Waals surface area (Å²) in [5.41, 5.74) is 3.24. The van der Waals surface area contributed by atoms with Crippen molar-refractivity contribution < 1.29 is 9.53 Å². The normalized spacial score (nSPS) is 10.6. The van der Waals surface area contributed by atoms with Crippen molar-refractivity contribution in [2.45, 2.75) is 13.5 Å². The third-order valence-electron chi connectivity index (χ3n) is 4.22. The topological polar surface area (TPSA) is 50.4 Å². The molecule has 0 fully saturated rings. The third-order valence-corrected chi connectivity index (χ3v) is 5.48. The van der Waals surface area contributed by atoms with Gasteiger partial charge in [0.2, 0.25) is 0 Å². The Morgan fingerprint density at radius 2 is 1.70 bits per heavy atom. The zero-order chi connectivity index (χ0) is 21.7. The molecule has 8 heteroatoms. The number of anilines is 2. The first kappa shape index (κ1) is 22.6. The molecule has 0 radical (unpaired) electrons. The van der Waals surface area contributed by atoms with E-state index in [0.29, 0.717) is 38.1 Å². The monoisotopic (exact) mass is 482 g/mol. The smallest absolute Gasteiger partial charge is 0.262 e. The Balaban J connectivity index is 1.54. The van der Waals surface area contributed by atoms with Crippen LogP contribution in [0.4, 0.5) is 11.4 Å². The highest BCUT2D eigenvalue weighted by Gasteiger charge is 2.09. The summed E-state index contributed by atoms with van der Waals surface area (Å²) < 4.78 is 5.54. The lowest BCUT2D eigenvalue weighted by Crippen LogP contribution is -2.20. The van der Waals surface area contributed by atoms with E-state index in [1.165, 1.54) is 0 Å². The SMILES string of the molecule is Cc1ccc(NC(=O)COc2ccc(CNc3ccc(Cl)cc3Cl)cc2Cl)cc1Cl. The predicted octanol–water partition coefficient (Wildman–Crippen LogP) is 7.24. The molecular weight excluding hydrogens is 466 g/mol. The van der Waals surface area contributed by atoms with Gasteiger partial charge in [0.1, 0.15) is 5.75 Å². The molecule has 0 saturated carbocycles. The van der Waals surface area contributed by atoms with Gasteiger partial charge >= 0.3 is 0 Å². The molecule has 3 aromatic rings. The number of rotatable bonds is 7. The van der Waals surface area contributed by atoms with Crippen molar-refractivity contribution in [1.82, 2.24) is 0 Å². The average molecular weight is 484 g/mol. The average Bonchev–Trinajstić information content (AvgIpc) is 2.69. The number of hydrogen-bond acceptors (Lipinski definition) is 3. The Hall–Kier alpha value is -2.11. The van der Waals surface area contributed by atoms with E-state index in [0.717, 1.165) is 16.8 Å². The van der Waals surface area contributed by atoms with Gasteiger partial charge in [-0.05, 0) is 60.5 Å². The molecule has 0 aliphatic carbocycles. The highest BCUT2D eigenvalue weighted by Crippen LogP contribution is 2.28. The predicted molar refractivity (Wildman–Crippen MR) is 126 cm³/mol. The van der Waals surface area contributed by atoms with E-state index in [4.69, 9.17) is 51.1 Å². The Bertz CT molecular complexity index is 1070. The number of hydrogen-bond donors (Lipinski definition) is 2. The largest absolute Gasteiger partial charge is 0.482 e. The number of carbonyl (C=O) groups is 1. The molecule has 0 saturated heterocycles. The summed E-state index contributed by atoms with van der Waals surface area (Å²) >= 11 is 24.4. The number of ether oxygens (including phenoxy) is 1. The van der Waals surface area contributed by atoms with Crippen molar-refractivity contribution in [3.63, 3.8) is 0 Å². The second-order valence-electron chi connectivity index (χ2n) is 6.54. The lowest BCUT2D eigenvalue weighted by atomic mass is 10.2. The molecule has 0 aromatic heterocycles. The van der Waals surface area contributed by atoms with Crippen LogP contribution < -0.4 is 15.4 Å². The summed E-state index contributed by atoms with van der Waals surface area (Å²) in [6.45, 7) is 2.22. The lowest BCUT2D eigenvalue weighted by Gasteiger charge is -2.12. The van der Waals surface area contributed by atoms with Crippen LogP contribution in [-0.2, 0) is 11.3 Å². The van der Waals surface area contributed by atoms with Gasteiger partial charge in [-0.25, -0.2) is 0 Å². The Kier molecular flexibility index (Phi) is 7.73. The summed E-state index contributed by atoms with van der Waals surface area (Å²) in [4.78, 5) is 12.1. The molecule has 0 aliphatic heterocycles. The van der Waals surface area contributed by atoms with Crippen molar-refractivity contribution in [3.8, 4) is 5.75 Å². The molecule has 0 aliphatic rings. The molecule has 0 atom stereocenters. The van der Waals surface area contributed by atoms with Crippen LogP contribution in [0.25, 0.3) is 0 Å². The van der Waals surface area contributed by atoms with E-state index in [-0.39, 0.29) is 12.5 Å². The Morgan fingerprint density at radius 3 is 2.40 bits per heavy atom. The number of benzene rings is 3. The van der Waals surface area contributed by atoms with Gasteiger partial charge in [0, 0.05) is 22.3 Å². The van der Waals surface area contributed by atoms with Gasteiger partial charge in [0.05, 0.1) is 15.7 Å². The van der Waals surface area contributed by atoms with Crippen LogP contribution in [0.1, 0.15) is 11.1 Å². The van der Waals surface area contributed by atoms with Crippen LogP contribution in [0.2, 0.25) is 20.1 Å². The zero-order valence-electron chi connectivity index (χ0n) is 15.9. The van der Waals surface area contributed by atoms with Gasteiger partial charge in [-0.2, -0.15) is 0 Å². The minimum absolute atomic E-state index is 0.177. The van der Waals surface area contributed by atoms with Crippen molar-refractivity contribution >= 4 is 63.7 Å². The number of halogens is 4. The summed E-state index contributed by atoms with van der Waals surface area (Å²) in [6.07, 6.45) is 0. The number of nitrogens with one attached hydrogen (secondary N) is 2. The van der Waals surface area contributed by atoms with E-state index >= 15 is 0 Å². The standard InChI is InChI=1S/C22H18Cl4N2O2/c1-13-2-5-16(10-17(13)24)28-22(29)12-30-21-7-3-14(8-19(21)26)11-27-20-6-4-15(23)9-18(20)25/h2-10,27H,11-12H2,1H3,(H,28,29). The van der Waals surface area contributed by atoms with Gasteiger partial charge < -0.3 is 15.4 Å². The van der Waals surface area contributed by atoms with Gasteiger partial charge in [-0.3, -0.25) is 4.79 Å². The minimum atomic E-state index is -0.311. The summed E-state index contributed by atoms with van der Waals surface area (Å²) in [6, 6.07) is 15.9. The van der Waals surface area contributed by atoms with Crippen molar-refractivity contribution in [2.24, 2.45) is 0 Å². The maximum Gasteiger partial charge on any atom is 0.262 e. The molecule has 30 heavy (non-hydrogen) atoms. The van der Waals surface area contributed by atoms with E-state index in [1.54, 1.807) is 36.4 Å². The first-order chi connectivity index (χ1) is 14.3. The summed E-state index contributed by atoms with van der Waals surface area (Å²) in [5.74, 6) is 0.108. The maximum absolute atomic E-state index is 12.1.